The number of benzene rings is 1. The smallest absolute Gasteiger partial charge is 0.409 e. The number of urea groups is 1. The Morgan fingerprint density at radius 3 is 2.83 bits per heavy atom. The van der Waals surface area contributed by atoms with Crippen LogP contribution in [0.4, 0.5) is 25.4 Å². The summed E-state index contributed by atoms with van der Waals surface area (Å²) in [5.74, 6) is -0.429. The van der Waals surface area contributed by atoms with Crippen LogP contribution < -0.4 is 10.6 Å². The number of hydrogen-bond donors (Lipinski definition) is 2. The Hall–Kier alpha value is -3.20. The molecule has 0 aliphatic carbocycles. The van der Waals surface area contributed by atoms with Gasteiger partial charge in [-0.2, -0.15) is 0 Å². The fraction of sp³-hybridized carbons (Fsp3) is 0.350. The number of likely N-dealkylation sites (N-methyl/N-ethyl adjacent to an activating group) is 1. The summed E-state index contributed by atoms with van der Waals surface area (Å²) in [5.41, 5.74) is 1.64. The predicted molar refractivity (Wildman–Crippen MR) is 107 cm³/mol. The van der Waals surface area contributed by atoms with Crippen molar-refractivity contribution in [1.29, 1.82) is 0 Å². The maximum atomic E-state index is 14.1. The third-order valence-corrected chi connectivity index (χ3v) is 4.80. The molecule has 1 fully saturated rings. The summed E-state index contributed by atoms with van der Waals surface area (Å²) in [6, 6.07) is 7.44. The zero-order chi connectivity index (χ0) is 20.8. The molecule has 0 unspecified atom stereocenters. The van der Waals surface area contributed by atoms with Gasteiger partial charge in [-0.3, -0.25) is 9.88 Å². The lowest BCUT2D eigenvalue weighted by atomic mass is 10.2. The number of likely N-dealkylation sites (tertiary alicyclic amines) is 1. The number of ether oxygens (including phenoxy) is 1. The van der Waals surface area contributed by atoms with Gasteiger partial charge < -0.3 is 20.3 Å². The van der Waals surface area contributed by atoms with Crippen molar-refractivity contribution in [3.63, 3.8) is 0 Å². The molecule has 0 bridgehead atoms. The minimum absolute atomic E-state index is 0.0545. The summed E-state index contributed by atoms with van der Waals surface area (Å²) >= 11 is 0. The van der Waals surface area contributed by atoms with Crippen LogP contribution in [-0.2, 0) is 11.3 Å². The molecule has 29 heavy (non-hydrogen) atoms. The van der Waals surface area contributed by atoms with Crippen LogP contribution in [0.2, 0.25) is 0 Å². The first-order valence-corrected chi connectivity index (χ1v) is 9.25. The van der Waals surface area contributed by atoms with Crippen LogP contribution in [0.3, 0.4) is 0 Å². The Labute approximate surface area is 168 Å². The number of pyridine rings is 1. The second-order valence-corrected chi connectivity index (χ2v) is 6.93. The number of hydrogen-bond acceptors (Lipinski definition) is 5. The number of amides is 3. The van der Waals surface area contributed by atoms with Crippen LogP contribution in [0, 0.1) is 5.82 Å². The highest BCUT2D eigenvalue weighted by atomic mass is 19.1. The molecule has 154 valence electrons. The zero-order valence-corrected chi connectivity index (χ0v) is 16.4. The van der Waals surface area contributed by atoms with Gasteiger partial charge in [-0.1, -0.05) is 0 Å². The van der Waals surface area contributed by atoms with Crippen LogP contribution in [0.15, 0.2) is 42.7 Å². The predicted octanol–water partition coefficient (Wildman–Crippen LogP) is 3.14. The summed E-state index contributed by atoms with van der Waals surface area (Å²) in [5, 5.41) is 5.28. The number of halogens is 1. The third-order valence-electron chi connectivity index (χ3n) is 4.80. The van der Waals surface area contributed by atoms with Crippen molar-refractivity contribution in [3.8, 4) is 0 Å². The quantitative estimate of drug-likeness (QED) is 0.804. The van der Waals surface area contributed by atoms with Gasteiger partial charge in [0.2, 0.25) is 0 Å². The first-order chi connectivity index (χ1) is 13.9. The summed E-state index contributed by atoms with van der Waals surface area (Å²) in [4.78, 5) is 31.4. The van der Waals surface area contributed by atoms with E-state index in [0.29, 0.717) is 24.5 Å². The highest BCUT2D eigenvalue weighted by Crippen LogP contribution is 2.21. The molecule has 1 aromatic carbocycles. The number of carbonyl (C=O) groups is 2. The van der Waals surface area contributed by atoms with E-state index in [2.05, 4.69) is 20.5 Å². The summed E-state index contributed by atoms with van der Waals surface area (Å²) < 4.78 is 18.8. The molecule has 1 aromatic heterocycles. The number of methoxy groups -OCH3 is 1. The average molecular weight is 401 g/mol. The molecule has 1 aliphatic heterocycles. The normalized spacial score (nSPS) is 16.3. The van der Waals surface area contributed by atoms with E-state index in [0.717, 1.165) is 18.5 Å². The molecular formula is C20H24FN5O3. The Bertz CT molecular complexity index is 864. The fourth-order valence-corrected chi connectivity index (χ4v) is 3.37. The fourth-order valence-electron chi connectivity index (χ4n) is 3.37. The van der Waals surface area contributed by atoms with Crippen molar-refractivity contribution in [2.75, 3.05) is 37.9 Å². The molecule has 2 heterocycles. The lowest BCUT2D eigenvalue weighted by Gasteiger charge is -2.23. The van der Waals surface area contributed by atoms with Gasteiger partial charge in [0.1, 0.15) is 5.82 Å². The van der Waals surface area contributed by atoms with E-state index in [1.807, 2.05) is 0 Å². The Kier molecular flexibility index (Phi) is 6.61. The van der Waals surface area contributed by atoms with E-state index in [-0.39, 0.29) is 12.1 Å². The van der Waals surface area contributed by atoms with Crippen molar-refractivity contribution in [2.45, 2.75) is 19.0 Å². The van der Waals surface area contributed by atoms with Crippen molar-refractivity contribution in [2.24, 2.45) is 0 Å². The number of aromatic nitrogens is 1. The second kappa shape index (κ2) is 9.33. The Morgan fingerprint density at radius 2 is 2.10 bits per heavy atom. The van der Waals surface area contributed by atoms with Crippen LogP contribution in [0.25, 0.3) is 0 Å². The van der Waals surface area contributed by atoms with E-state index in [1.54, 1.807) is 36.3 Å². The highest BCUT2D eigenvalue weighted by Gasteiger charge is 2.28. The van der Waals surface area contributed by atoms with Crippen molar-refractivity contribution < 1.29 is 18.7 Å². The minimum atomic E-state index is -0.476. The zero-order valence-electron chi connectivity index (χ0n) is 16.4. The Balaban J connectivity index is 1.59. The lowest BCUT2D eigenvalue weighted by Crippen LogP contribution is -2.38. The van der Waals surface area contributed by atoms with Gasteiger partial charge in [-0.25, -0.2) is 14.0 Å². The van der Waals surface area contributed by atoms with Gasteiger partial charge in [0.15, 0.2) is 0 Å². The number of nitrogens with one attached hydrogen (secondary N) is 2. The molecule has 0 saturated carbocycles. The number of anilines is 2. The number of rotatable bonds is 5. The molecule has 2 N–H and O–H groups in total. The maximum absolute atomic E-state index is 14.1. The molecule has 0 radical (unpaired) electrons. The molecule has 8 nitrogen and oxygen atoms in total. The summed E-state index contributed by atoms with van der Waals surface area (Å²) in [6.07, 6.45) is 3.58. The molecule has 2 aromatic rings. The number of nitrogens with zero attached hydrogens (tertiary/aromatic N) is 3. The second-order valence-electron chi connectivity index (χ2n) is 6.93. The van der Waals surface area contributed by atoms with E-state index >= 15 is 0 Å². The van der Waals surface area contributed by atoms with Gasteiger partial charge in [0, 0.05) is 44.6 Å². The highest BCUT2D eigenvalue weighted by molar-refractivity contribution is 5.99. The minimum Gasteiger partial charge on any atom is -0.453 e. The SMILES string of the molecule is COC(=O)N(C)[C@H]1CCN(Cc2cc(F)cc(NC(=O)Nc3cccnc3)c2)C1. The van der Waals surface area contributed by atoms with Crippen molar-refractivity contribution in [3.05, 3.63) is 54.1 Å². The molecule has 1 atom stereocenters. The lowest BCUT2D eigenvalue weighted by molar-refractivity contribution is 0.118. The first kappa shape index (κ1) is 20.5. The van der Waals surface area contributed by atoms with Crippen LogP contribution in [0.1, 0.15) is 12.0 Å². The van der Waals surface area contributed by atoms with Gasteiger partial charge in [-0.05, 0) is 42.3 Å². The first-order valence-electron chi connectivity index (χ1n) is 9.25. The van der Waals surface area contributed by atoms with Crippen molar-refractivity contribution >= 4 is 23.5 Å². The Morgan fingerprint density at radius 1 is 1.31 bits per heavy atom. The molecule has 3 rings (SSSR count). The third kappa shape index (κ3) is 5.64. The van der Waals surface area contributed by atoms with Crippen LogP contribution in [0.5, 0.6) is 0 Å². The van der Waals surface area contributed by atoms with E-state index in [1.165, 1.54) is 25.4 Å². The van der Waals surface area contributed by atoms with Crippen molar-refractivity contribution in [1.82, 2.24) is 14.8 Å². The molecule has 1 aliphatic rings. The van der Waals surface area contributed by atoms with Gasteiger partial charge in [0.05, 0.1) is 19.0 Å². The van der Waals surface area contributed by atoms with E-state index < -0.39 is 11.8 Å². The van der Waals surface area contributed by atoms with E-state index in [9.17, 15) is 14.0 Å². The van der Waals surface area contributed by atoms with Gasteiger partial charge in [-0.15, -0.1) is 0 Å². The van der Waals surface area contributed by atoms with E-state index in [4.69, 9.17) is 4.74 Å². The standard InChI is InChI=1S/C20H24FN5O3/c1-25(20(28)29-2)18-5-7-26(13-18)12-14-8-15(21)10-17(9-14)24-19(27)23-16-4-3-6-22-11-16/h3-4,6,8-11,18H,5,7,12-13H2,1-2H3,(H2,23,24,27)/t18-/m0/s1. The molecular weight excluding hydrogens is 377 g/mol. The van der Waals surface area contributed by atoms with Crippen LogP contribution >= 0.6 is 0 Å². The van der Waals surface area contributed by atoms with Gasteiger partial charge >= 0.3 is 12.1 Å². The molecule has 1 saturated heterocycles. The topological polar surface area (TPSA) is 86.8 Å². The van der Waals surface area contributed by atoms with Gasteiger partial charge in [0.25, 0.3) is 0 Å². The summed E-state index contributed by atoms with van der Waals surface area (Å²) in [7, 11) is 3.07. The monoisotopic (exact) mass is 401 g/mol. The average Bonchev–Trinajstić information content (AvgIpc) is 3.15. The maximum Gasteiger partial charge on any atom is 0.409 e. The summed E-state index contributed by atoms with van der Waals surface area (Å²) in [6.45, 7) is 1.97. The number of carbonyl (C=O) groups excluding carboxylic acids is 2. The molecule has 3 amide bonds. The molecule has 0 spiro atoms. The largest absolute Gasteiger partial charge is 0.453 e. The van der Waals surface area contributed by atoms with Crippen LogP contribution in [-0.4, -0.2) is 60.2 Å². The molecule has 9 heteroatoms.